The third kappa shape index (κ3) is 3.47. The average Bonchev–Trinajstić information content (AvgIpc) is 2.79. The Balaban J connectivity index is 0.000000153. The Morgan fingerprint density at radius 3 is 2.69 bits per heavy atom. The Bertz CT molecular complexity index is 1180. The first-order valence-corrected chi connectivity index (χ1v) is 10.4. The van der Waals surface area contributed by atoms with E-state index in [2.05, 4.69) is 65.4 Å². The second-order valence-electron chi connectivity index (χ2n) is 7.94. The first-order chi connectivity index (χ1) is 14.3. The van der Waals surface area contributed by atoms with Crippen molar-refractivity contribution in [1.82, 2.24) is 9.97 Å². The van der Waals surface area contributed by atoms with Gasteiger partial charge in [-0.3, -0.25) is 9.97 Å². The van der Waals surface area contributed by atoms with Crippen LogP contribution in [0.15, 0.2) is 90.9 Å². The number of hydrogen-bond donors (Lipinski definition) is 0. The molecule has 0 N–H and O–H groups in total. The van der Waals surface area contributed by atoms with Crippen LogP contribution in [-0.4, -0.2) is 9.97 Å². The molecule has 2 aromatic heterocycles. The van der Waals surface area contributed by atoms with Gasteiger partial charge in [0.1, 0.15) is 0 Å². The van der Waals surface area contributed by atoms with Gasteiger partial charge in [0.15, 0.2) is 0 Å². The van der Waals surface area contributed by atoms with Crippen LogP contribution in [-0.2, 0) is 6.42 Å². The van der Waals surface area contributed by atoms with E-state index in [0.717, 1.165) is 10.9 Å². The van der Waals surface area contributed by atoms with E-state index in [-0.39, 0.29) is 0 Å². The quantitative estimate of drug-likeness (QED) is 0.338. The highest BCUT2D eigenvalue weighted by atomic mass is 14.7. The summed E-state index contributed by atoms with van der Waals surface area (Å²) in [6.45, 7) is 2.32. The number of nitrogens with zero attached hydrogens (tertiary/aromatic N) is 2. The number of pyridine rings is 2. The molecule has 2 aromatic carbocycles. The molecule has 6 rings (SSSR count). The Kier molecular flexibility index (Phi) is 4.69. The number of aromatic nitrogens is 2. The van der Waals surface area contributed by atoms with Crippen LogP contribution in [0.4, 0.5) is 0 Å². The molecule has 1 atom stereocenters. The molecule has 29 heavy (non-hydrogen) atoms. The molecular formula is C27H24N2. The zero-order chi connectivity index (χ0) is 19.6. The van der Waals surface area contributed by atoms with E-state index in [1.165, 1.54) is 41.2 Å². The molecular weight excluding hydrogens is 352 g/mol. The average molecular weight is 377 g/mol. The normalized spacial score (nSPS) is 17.5. The predicted molar refractivity (Wildman–Crippen MR) is 122 cm³/mol. The summed E-state index contributed by atoms with van der Waals surface area (Å²) >= 11 is 0. The first kappa shape index (κ1) is 17.8. The molecule has 142 valence electrons. The molecule has 2 heterocycles. The van der Waals surface area contributed by atoms with Gasteiger partial charge in [-0.2, -0.15) is 0 Å². The minimum absolute atomic E-state index is 0.709. The SMILES string of the molecule is CC1C=CC2=C(CCc3c2ccc2ccccc32)C1.c1cnc2cnccc2c1. The van der Waals surface area contributed by atoms with Gasteiger partial charge in [-0.05, 0) is 64.8 Å². The zero-order valence-electron chi connectivity index (χ0n) is 16.7. The first-order valence-electron chi connectivity index (χ1n) is 10.4. The topological polar surface area (TPSA) is 25.8 Å². The molecule has 0 saturated carbocycles. The fourth-order valence-electron chi connectivity index (χ4n) is 4.51. The van der Waals surface area contributed by atoms with Crippen molar-refractivity contribution in [3.05, 3.63) is 102 Å². The van der Waals surface area contributed by atoms with Crippen molar-refractivity contribution in [3.63, 3.8) is 0 Å². The van der Waals surface area contributed by atoms with Gasteiger partial charge in [-0.1, -0.05) is 67.1 Å². The lowest BCUT2D eigenvalue weighted by Gasteiger charge is -2.27. The van der Waals surface area contributed by atoms with E-state index in [1.54, 1.807) is 29.7 Å². The summed E-state index contributed by atoms with van der Waals surface area (Å²) in [4.78, 5) is 8.07. The fraction of sp³-hybridized carbons (Fsp3) is 0.185. The van der Waals surface area contributed by atoms with Crippen LogP contribution in [0.25, 0.3) is 27.2 Å². The van der Waals surface area contributed by atoms with Crippen molar-refractivity contribution >= 4 is 27.2 Å². The summed E-state index contributed by atoms with van der Waals surface area (Å²) < 4.78 is 0. The minimum Gasteiger partial charge on any atom is -0.262 e. The molecule has 1 unspecified atom stereocenters. The van der Waals surface area contributed by atoms with Crippen LogP contribution in [0, 0.1) is 5.92 Å². The molecule has 2 heteroatoms. The largest absolute Gasteiger partial charge is 0.262 e. The van der Waals surface area contributed by atoms with Gasteiger partial charge in [-0.15, -0.1) is 0 Å². The number of aryl methyl sites for hydroxylation is 1. The van der Waals surface area contributed by atoms with E-state index in [0.29, 0.717) is 5.92 Å². The second kappa shape index (κ2) is 7.63. The van der Waals surface area contributed by atoms with Crippen LogP contribution in [0.3, 0.4) is 0 Å². The summed E-state index contributed by atoms with van der Waals surface area (Å²) in [5, 5.41) is 3.95. The molecule has 0 radical (unpaired) electrons. The van der Waals surface area contributed by atoms with Crippen molar-refractivity contribution < 1.29 is 0 Å². The van der Waals surface area contributed by atoms with Crippen molar-refractivity contribution in [2.75, 3.05) is 0 Å². The van der Waals surface area contributed by atoms with Gasteiger partial charge in [0.25, 0.3) is 0 Å². The summed E-state index contributed by atoms with van der Waals surface area (Å²) in [5.74, 6) is 0.709. The van der Waals surface area contributed by atoms with Crippen LogP contribution in [0.5, 0.6) is 0 Å². The summed E-state index contributed by atoms with van der Waals surface area (Å²) in [6, 6.07) is 19.3. The van der Waals surface area contributed by atoms with Crippen molar-refractivity contribution in [2.45, 2.75) is 26.2 Å². The van der Waals surface area contributed by atoms with Gasteiger partial charge in [0, 0.05) is 17.8 Å². The van der Waals surface area contributed by atoms with Crippen LogP contribution < -0.4 is 0 Å². The third-order valence-electron chi connectivity index (χ3n) is 5.96. The Morgan fingerprint density at radius 2 is 1.76 bits per heavy atom. The molecule has 2 nitrogen and oxygen atoms in total. The number of benzene rings is 2. The van der Waals surface area contributed by atoms with Gasteiger partial charge in [0.05, 0.1) is 11.7 Å². The summed E-state index contributed by atoms with van der Waals surface area (Å²) in [6.07, 6.45) is 13.7. The smallest absolute Gasteiger partial charge is 0.0885 e. The molecule has 2 aliphatic carbocycles. The maximum Gasteiger partial charge on any atom is 0.0885 e. The van der Waals surface area contributed by atoms with Crippen molar-refractivity contribution in [1.29, 1.82) is 0 Å². The fourth-order valence-corrected chi connectivity index (χ4v) is 4.51. The lowest BCUT2D eigenvalue weighted by Crippen LogP contribution is -2.10. The third-order valence-corrected chi connectivity index (χ3v) is 5.96. The molecule has 0 aliphatic heterocycles. The van der Waals surface area contributed by atoms with Crippen molar-refractivity contribution in [2.24, 2.45) is 5.92 Å². The van der Waals surface area contributed by atoms with Crippen molar-refractivity contribution in [3.8, 4) is 0 Å². The minimum atomic E-state index is 0.709. The molecule has 0 fully saturated rings. The van der Waals surface area contributed by atoms with E-state index >= 15 is 0 Å². The number of hydrogen-bond acceptors (Lipinski definition) is 2. The van der Waals surface area contributed by atoms with E-state index in [1.807, 2.05) is 18.2 Å². The van der Waals surface area contributed by atoms with Gasteiger partial charge in [0.2, 0.25) is 0 Å². The van der Waals surface area contributed by atoms with E-state index in [4.69, 9.17) is 0 Å². The Morgan fingerprint density at radius 1 is 0.862 bits per heavy atom. The molecule has 4 aromatic rings. The number of fused-ring (bicyclic) bond motifs is 5. The standard InChI is InChI=1S/C19H18.C8H6N2/c1-13-6-9-17-15(12-13)8-11-18-16-5-3-2-4-14(16)7-10-19(17)18;1-2-7-3-5-9-6-8(7)10-4-1/h2-7,9-10,13H,8,11-12H2,1H3;1-6H. The number of allylic oxidation sites excluding steroid dienone is 4. The highest BCUT2D eigenvalue weighted by Crippen LogP contribution is 2.40. The Hall–Kier alpha value is -3.26. The summed E-state index contributed by atoms with van der Waals surface area (Å²) in [5.41, 5.74) is 7.15. The maximum atomic E-state index is 4.12. The highest BCUT2D eigenvalue weighted by Gasteiger charge is 2.22. The predicted octanol–water partition coefficient (Wildman–Crippen LogP) is 6.77. The Labute approximate surface area is 171 Å². The zero-order valence-corrected chi connectivity index (χ0v) is 16.7. The van der Waals surface area contributed by atoms with Gasteiger partial charge in [-0.25, -0.2) is 0 Å². The summed E-state index contributed by atoms with van der Waals surface area (Å²) in [7, 11) is 0. The maximum absolute atomic E-state index is 4.12. The van der Waals surface area contributed by atoms with Gasteiger partial charge < -0.3 is 0 Å². The lowest BCUT2D eigenvalue weighted by molar-refractivity contribution is 0.677. The highest BCUT2D eigenvalue weighted by molar-refractivity contribution is 5.93. The second-order valence-corrected chi connectivity index (χ2v) is 7.94. The molecule has 2 aliphatic rings. The van der Waals surface area contributed by atoms with E-state index in [9.17, 15) is 0 Å². The van der Waals surface area contributed by atoms with Crippen LogP contribution >= 0.6 is 0 Å². The number of rotatable bonds is 0. The van der Waals surface area contributed by atoms with Crippen LogP contribution in [0.2, 0.25) is 0 Å². The monoisotopic (exact) mass is 376 g/mol. The molecule has 0 bridgehead atoms. The van der Waals surface area contributed by atoms with Crippen LogP contribution in [0.1, 0.15) is 30.9 Å². The van der Waals surface area contributed by atoms with E-state index < -0.39 is 0 Å². The molecule has 0 spiro atoms. The molecule has 0 amide bonds. The molecule has 0 saturated heterocycles. The lowest BCUT2D eigenvalue weighted by atomic mass is 9.77. The van der Waals surface area contributed by atoms with Gasteiger partial charge >= 0.3 is 0 Å².